The monoisotopic (exact) mass is 1030 g/mol. The number of benzene rings is 4. The average Bonchev–Trinajstić information content (AvgIpc) is 2.91. The summed E-state index contributed by atoms with van der Waals surface area (Å²) in [5.41, 5.74) is 0.975. The fourth-order valence-corrected chi connectivity index (χ4v) is 8.19. The number of carbonyl (C=O) groups excluding carboxylic acids is 3. The van der Waals surface area contributed by atoms with Crippen molar-refractivity contribution in [2.75, 3.05) is 0 Å². The van der Waals surface area contributed by atoms with Crippen LogP contribution in [0.3, 0.4) is 0 Å². The van der Waals surface area contributed by atoms with Crippen molar-refractivity contribution in [2.45, 2.75) is 11.5 Å². The highest BCUT2D eigenvalue weighted by Gasteiger charge is 2.19. The van der Waals surface area contributed by atoms with Gasteiger partial charge in [0.15, 0.2) is 0 Å². The molecule has 14 heteroatoms. The zero-order valence-corrected chi connectivity index (χ0v) is 30.3. The van der Waals surface area contributed by atoms with Gasteiger partial charge in [0, 0.05) is 20.3 Å². The van der Waals surface area contributed by atoms with Crippen molar-refractivity contribution in [3.05, 3.63) is 115 Å². The molecule has 216 valence electrons. The molecule has 0 N–H and O–H groups in total. The molecular weight excluding hydrogens is 1020 g/mol. The van der Waals surface area contributed by atoms with E-state index in [1.165, 1.54) is 30.3 Å². The molecule has 0 aliphatic carbocycles. The summed E-state index contributed by atoms with van der Waals surface area (Å²) in [7, 11) is -4.74. The number of ether oxygens (including phenoxy) is 3. The fraction of sp³-hybridized carbons (Fsp3) is 0.0357. The van der Waals surface area contributed by atoms with Gasteiger partial charge in [-0.1, -0.05) is 0 Å². The predicted octanol–water partition coefficient (Wildman–Crippen LogP) is 6.80. The van der Waals surface area contributed by atoms with Crippen molar-refractivity contribution in [1.82, 2.24) is 0 Å². The van der Waals surface area contributed by atoms with E-state index in [-0.39, 0.29) is 30.8 Å². The minimum absolute atomic E-state index is 0.0304. The molecule has 0 amide bonds. The van der Waals surface area contributed by atoms with Crippen LogP contribution < -0.4 is 9.47 Å². The van der Waals surface area contributed by atoms with Crippen molar-refractivity contribution >= 4 is 118 Å². The zero-order chi connectivity index (χ0) is 30.6. The molecule has 9 nitrogen and oxygen atoms in total. The van der Waals surface area contributed by atoms with E-state index in [9.17, 15) is 27.4 Å². The van der Waals surface area contributed by atoms with Gasteiger partial charge < -0.3 is 18.8 Å². The van der Waals surface area contributed by atoms with Crippen LogP contribution in [-0.4, -0.2) is 30.9 Å². The summed E-state index contributed by atoms with van der Waals surface area (Å²) in [5.74, 6) is -1.99. The number of carbonyl (C=O) groups is 3. The number of halogens is 4. The van der Waals surface area contributed by atoms with Crippen molar-refractivity contribution in [3.63, 3.8) is 0 Å². The summed E-state index contributed by atoms with van der Waals surface area (Å²) < 4.78 is 53.1. The van der Waals surface area contributed by atoms with Crippen molar-refractivity contribution in [1.29, 1.82) is 0 Å². The number of hydrogen-bond acceptors (Lipinski definition) is 9. The third-order valence-electron chi connectivity index (χ3n) is 5.37. The van der Waals surface area contributed by atoms with Crippen molar-refractivity contribution in [2.24, 2.45) is 0 Å². The Labute approximate surface area is 295 Å². The molecule has 0 atom stereocenters. The van der Waals surface area contributed by atoms with Gasteiger partial charge in [-0.15, -0.1) is 0 Å². The summed E-state index contributed by atoms with van der Waals surface area (Å²) in [6.07, 6.45) is 0. The van der Waals surface area contributed by atoms with E-state index in [2.05, 4.69) is 45.2 Å². The normalized spacial score (nSPS) is 11.1. The standard InChI is InChI=1S/C28H16I4O9S/c29-19-5-1-16(2-6-19)27(34)40-21-9-15(10-22(13-21)41-28(35)17-3-7-20(30)8-4-17)14-39-26(33)18-11-23(31)25(24(32)12-18)42(36,37)38/h1-13H,14H2,(H,36,37,38)/p-1. The van der Waals surface area contributed by atoms with Gasteiger partial charge in [-0.25, -0.2) is 22.8 Å². The van der Waals surface area contributed by atoms with E-state index in [0.29, 0.717) is 16.7 Å². The molecular formula is C28H15I4O9S-. The molecule has 0 spiro atoms. The largest absolute Gasteiger partial charge is 0.744 e. The Morgan fingerprint density at radius 2 is 1.05 bits per heavy atom. The van der Waals surface area contributed by atoms with Crippen LogP contribution >= 0.6 is 90.4 Å². The van der Waals surface area contributed by atoms with Gasteiger partial charge in [-0.3, -0.25) is 0 Å². The van der Waals surface area contributed by atoms with Gasteiger partial charge in [0.05, 0.1) is 21.6 Å². The molecule has 4 aromatic carbocycles. The molecule has 0 fully saturated rings. The average molecular weight is 1040 g/mol. The molecule has 0 radical (unpaired) electrons. The molecule has 4 aromatic rings. The molecule has 0 heterocycles. The van der Waals surface area contributed by atoms with E-state index in [4.69, 9.17) is 14.2 Å². The van der Waals surface area contributed by atoms with E-state index in [1.54, 1.807) is 93.7 Å². The van der Waals surface area contributed by atoms with Crippen LogP contribution in [0.2, 0.25) is 0 Å². The van der Waals surface area contributed by atoms with Gasteiger partial charge in [0.1, 0.15) is 28.2 Å². The number of rotatable bonds is 8. The summed E-state index contributed by atoms with van der Waals surface area (Å²) in [6.45, 7) is -0.309. The van der Waals surface area contributed by atoms with Crippen LogP contribution in [0, 0.1) is 14.3 Å². The highest BCUT2D eigenvalue weighted by molar-refractivity contribution is 14.1. The minimum atomic E-state index is -4.74. The Morgan fingerprint density at radius 1 is 0.619 bits per heavy atom. The smallest absolute Gasteiger partial charge is 0.343 e. The van der Waals surface area contributed by atoms with E-state index >= 15 is 0 Å². The maximum Gasteiger partial charge on any atom is 0.343 e. The number of hydrogen-bond donors (Lipinski definition) is 0. The minimum Gasteiger partial charge on any atom is -0.744 e. The lowest BCUT2D eigenvalue weighted by Gasteiger charge is -2.14. The maximum atomic E-state index is 12.8. The van der Waals surface area contributed by atoms with Crippen LogP contribution in [0.25, 0.3) is 0 Å². The van der Waals surface area contributed by atoms with Gasteiger partial charge in [-0.05, 0) is 169 Å². The Hall–Kier alpha value is -1.88. The second-order valence-electron chi connectivity index (χ2n) is 8.40. The van der Waals surface area contributed by atoms with Crippen LogP contribution in [0.15, 0.2) is 83.8 Å². The van der Waals surface area contributed by atoms with Crippen LogP contribution in [0.4, 0.5) is 0 Å². The summed E-state index contributed by atoms with van der Waals surface area (Å²) >= 11 is 7.55. The number of esters is 3. The molecule has 0 saturated carbocycles. The Balaban J connectivity index is 1.58. The highest BCUT2D eigenvalue weighted by atomic mass is 127. The molecule has 42 heavy (non-hydrogen) atoms. The first-order valence-corrected chi connectivity index (χ1v) is 17.2. The summed E-state index contributed by atoms with van der Waals surface area (Å²) in [4.78, 5) is 37.9. The van der Waals surface area contributed by atoms with Crippen LogP contribution in [-0.2, 0) is 21.5 Å². The first-order valence-electron chi connectivity index (χ1n) is 11.5. The second kappa shape index (κ2) is 14.3. The molecule has 0 unspecified atom stereocenters. The van der Waals surface area contributed by atoms with E-state index < -0.39 is 32.9 Å². The van der Waals surface area contributed by atoms with Gasteiger partial charge in [0.25, 0.3) is 0 Å². The molecule has 0 aliphatic rings. The Morgan fingerprint density at radius 3 is 1.45 bits per heavy atom. The van der Waals surface area contributed by atoms with Crippen molar-refractivity contribution < 1.29 is 41.6 Å². The van der Waals surface area contributed by atoms with E-state index in [1.807, 2.05) is 0 Å². The van der Waals surface area contributed by atoms with Gasteiger partial charge in [-0.2, -0.15) is 0 Å². The lowest BCUT2D eigenvalue weighted by atomic mass is 10.2. The molecule has 4 rings (SSSR count). The third kappa shape index (κ3) is 8.83. The molecule has 0 saturated heterocycles. The molecule has 0 bridgehead atoms. The third-order valence-corrected chi connectivity index (χ3v) is 10.2. The van der Waals surface area contributed by atoms with Gasteiger partial charge >= 0.3 is 17.9 Å². The lowest BCUT2D eigenvalue weighted by Crippen LogP contribution is -2.12. The predicted molar refractivity (Wildman–Crippen MR) is 184 cm³/mol. The Bertz CT molecular complexity index is 1690. The van der Waals surface area contributed by atoms with E-state index in [0.717, 1.165) is 7.14 Å². The summed E-state index contributed by atoms with van der Waals surface area (Å²) in [5, 5.41) is 0. The lowest BCUT2D eigenvalue weighted by molar-refractivity contribution is 0.0469. The maximum absolute atomic E-state index is 12.8. The first kappa shape index (κ1) is 33.0. The zero-order valence-electron chi connectivity index (χ0n) is 20.8. The topological polar surface area (TPSA) is 136 Å². The fourth-order valence-electron chi connectivity index (χ4n) is 3.48. The van der Waals surface area contributed by atoms with Gasteiger partial charge in [0.2, 0.25) is 0 Å². The molecule has 0 aromatic heterocycles. The highest BCUT2D eigenvalue weighted by Crippen LogP contribution is 2.28. The first-order chi connectivity index (χ1) is 19.8. The van der Waals surface area contributed by atoms with Crippen LogP contribution in [0.1, 0.15) is 36.6 Å². The van der Waals surface area contributed by atoms with Crippen molar-refractivity contribution in [3.8, 4) is 11.5 Å². The second-order valence-corrected chi connectivity index (χ2v) is 14.5. The molecule has 0 aliphatic heterocycles. The van der Waals surface area contributed by atoms with Crippen LogP contribution in [0.5, 0.6) is 11.5 Å². The Kier molecular flexibility index (Phi) is 11.2. The SMILES string of the molecule is O=C(OCc1cc(OC(=O)c2ccc(I)cc2)cc(OC(=O)c2ccc(I)cc2)c1)c1cc(I)c(S(=O)(=O)[O-])c(I)c1. The quantitative estimate of drug-likeness (QED) is 0.0808. The summed E-state index contributed by atoms with van der Waals surface area (Å²) in [6, 6.07) is 20.2.